The van der Waals surface area contributed by atoms with Gasteiger partial charge in [0.2, 0.25) is 0 Å². The molecule has 0 aliphatic carbocycles. The predicted octanol–water partition coefficient (Wildman–Crippen LogP) is 5.46. The molecule has 0 heterocycles. The molecule has 0 aliphatic heterocycles. The van der Waals surface area contributed by atoms with Crippen LogP contribution in [0.4, 0.5) is 11.4 Å². The number of anilines is 2. The van der Waals surface area contributed by atoms with Crippen LogP contribution in [0.3, 0.4) is 0 Å². The fraction of sp³-hybridized carbons (Fsp3) is 0.0500. The van der Waals surface area contributed by atoms with Gasteiger partial charge in [0.15, 0.2) is 0 Å². The van der Waals surface area contributed by atoms with E-state index in [0.717, 1.165) is 4.47 Å². The molecule has 3 aromatic carbocycles. The molecule has 0 bridgehead atoms. The van der Waals surface area contributed by atoms with E-state index in [2.05, 4.69) is 26.0 Å². The van der Waals surface area contributed by atoms with E-state index in [-0.39, 0.29) is 10.5 Å². The van der Waals surface area contributed by atoms with Crippen LogP contribution in [0, 0.1) is 6.92 Å². The smallest absolute Gasteiger partial charge is 0.262 e. The van der Waals surface area contributed by atoms with Gasteiger partial charge >= 0.3 is 0 Å². The molecule has 28 heavy (non-hydrogen) atoms. The molecule has 0 aliphatic rings. The Labute approximate surface area is 176 Å². The Morgan fingerprint density at radius 1 is 0.929 bits per heavy atom. The van der Waals surface area contributed by atoms with Gasteiger partial charge in [0.1, 0.15) is 0 Å². The first-order valence-corrected chi connectivity index (χ1v) is 10.9. The SMILES string of the molecule is Cc1ccc(C(=O)Nc2ccc(Br)cc2)cc1S(=O)(=O)Nc1ccc(Cl)cc1. The van der Waals surface area contributed by atoms with Crippen LogP contribution in [-0.2, 0) is 10.0 Å². The Morgan fingerprint density at radius 2 is 1.54 bits per heavy atom. The number of amides is 1. The van der Waals surface area contributed by atoms with E-state index < -0.39 is 15.9 Å². The Balaban J connectivity index is 1.86. The van der Waals surface area contributed by atoms with Gasteiger partial charge in [-0.25, -0.2) is 8.42 Å². The van der Waals surface area contributed by atoms with E-state index in [0.29, 0.717) is 22.0 Å². The van der Waals surface area contributed by atoms with Crippen LogP contribution in [0.5, 0.6) is 0 Å². The van der Waals surface area contributed by atoms with Crippen molar-refractivity contribution in [2.45, 2.75) is 11.8 Å². The van der Waals surface area contributed by atoms with Crippen molar-refractivity contribution >= 4 is 54.8 Å². The van der Waals surface area contributed by atoms with Crippen LogP contribution in [0.1, 0.15) is 15.9 Å². The molecule has 5 nitrogen and oxygen atoms in total. The first kappa shape index (κ1) is 20.4. The number of sulfonamides is 1. The topological polar surface area (TPSA) is 75.3 Å². The maximum Gasteiger partial charge on any atom is 0.262 e. The molecule has 0 radical (unpaired) electrons. The molecular weight excluding hydrogens is 464 g/mol. The zero-order chi connectivity index (χ0) is 20.3. The van der Waals surface area contributed by atoms with E-state index in [1.54, 1.807) is 67.6 Å². The van der Waals surface area contributed by atoms with Gasteiger partial charge in [0, 0.05) is 26.4 Å². The van der Waals surface area contributed by atoms with Crippen LogP contribution in [0.15, 0.2) is 76.1 Å². The Bertz CT molecular complexity index is 1120. The van der Waals surface area contributed by atoms with E-state index in [1.165, 1.54) is 6.07 Å². The number of aryl methyl sites for hydroxylation is 1. The molecule has 0 spiro atoms. The van der Waals surface area contributed by atoms with E-state index in [1.807, 2.05) is 0 Å². The van der Waals surface area contributed by atoms with Crippen LogP contribution in [0.2, 0.25) is 5.02 Å². The van der Waals surface area contributed by atoms with Gasteiger partial charge in [-0.3, -0.25) is 9.52 Å². The van der Waals surface area contributed by atoms with Crippen LogP contribution in [-0.4, -0.2) is 14.3 Å². The normalized spacial score (nSPS) is 11.1. The summed E-state index contributed by atoms with van der Waals surface area (Å²) in [5.74, 6) is -0.398. The van der Waals surface area contributed by atoms with Gasteiger partial charge in [0.25, 0.3) is 15.9 Å². The number of rotatable bonds is 5. The maximum absolute atomic E-state index is 12.8. The second-order valence-corrected chi connectivity index (χ2v) is 9.06. The van der Waals surface area contributed by atoms with Crippen LogP contribution in [0.25, 0.3) is 0 Å². The highest BCUT2D eigenvalue weighted by atomic mass is 79.9. The highest BCUT2D eigenvalue weighted by Crippen LogP contribution is 2.23. The van der Waals surface area contributed by atoms with E-state index in [4.69, 9.17) is 11.6 Å². The fourth-order valence-electron chi connectivity index (χ4n) is 2.50. The van der Waals surface area contributed by atoms with E-state index in [9.17, 15) is 13.2 Å². The highest BCUT2D eigenvalue weighted by molar-refractivity contribution is 9.10. The van der Waals surface area contributed by atoms with Crippen molar-refractivity contribution in [1.29, 1.82) is 0 Å². The molecule has 0 saturated carbocycles. The number of hydrogen-bond donors (Lipinski definition) is 2. The third kappa shape index (κ3) is 4.92. The number of nitrogens with one attached hydrogen (secondary N) is 2. The Kier molecular flexibility index (Phi) is 6.07. The molecule has 8 heteroatoms. The van der Waals surface area contributed by atoms with Crippen molar-refractivity contribution in [1.82, 2.24) is 0 Å². The van der Waals surface area contributed by atoms with Crippen molar-refractivity contribution in [2.75, 3.05) is 10.0 Å². The van der Waals surface area contributed by atoms with Gasteiger partial charge in [-0.1, -0.05) is 33.6 Å². The number of carbonyl (C=O) groups excluding carboxylic acids is 1. The van der Waals surface area contributed by atoms with Gasteiger partial charge in [-0.2, -0.15) is 0 Å². The number of carbonyl (C=O) groups is 1. The van der Waals surface area contributed by atoms with Crippen LogP contribution >= 0.6 is 27.5 Å². The minimum absolute atomic E-state index is 0.0332. The molecule has 0 aromatic heterocycles. The Morgan fingerprint density at radius 3 is 2.18 bits per heavy atom. The summed E-state index contributed by atoms with van der Waals surface area (Å²) in [6.45, 7) is 1.67. The van der Waals surface area contributed by atoms with Crippen molar-refractivity contribution in [3.05, 3.63) is 87.4 Å². The van der Waals surface area contributed by atoms with Crippen LogP contribution < -0.4 is 10.0 Å². The minimum Gasteiger partial charge on any atom is -0.322 e. The largest absolute Gasteiger partial charge is 0.322 e. The van der Waals surface area contributed by atoms with Gasteiger partial charge in [-0.15, -0.1) is 0 Å². The summed E-state index contributed by atoms with van der Waals surface area (Å²) in [5.41, 5.74) is 1.76. The first-order valence-electron chi connectivity index (χ1n) is 8.20. The lowest BCUT2D eigenvalue weighted by Gasteiger charge is -2.12. The molecule has 2 N–H and O–H groups in total. The summed E-state index contributed by atoms with van der Waals surface area (Å²) in [6.07, 6.45) is 0. The lowest BCUT2D eigenvalue weighted by atomic mass is 10.1. The predicted molar refractivity (Wildman–Crippen MR) is 116 cm³/mol. The molecule has 1 amide bonds. The molecule has 0 atom stereocenters. The molecule has 3 aromatic rings. The standard InChI is InChI=1S/C20H16BrClN2O3S/c1-13-2-3-14(20(25)23-17-8-4-15(21)5-9-17)12-19(13)28(26,27)24-18-10-6-16(22)7-11-18/h2-12,24H,1H3,(H,23,25). The second-order valence-electron chi connectivity index (χ2n) is 6.05. The number of benzene rings is 3. The molecule has 0 unspecified atom stereocenters. The fourth-order valence-corrected chi connectivity index (χ4v) is 4.22. The van der Waals surface area contributed by atoms with Gasteiger partial charge in [0.05, 0.1) is 4.90 Å². The third-order valence-corrected chi connectivity index (χ3v) is 6.24. The second kappa shape index (κ2) is 8.34. The summed E-state index contributed by atoms with van der Waals surface area (Å²) >= 11 is 9.16. The summed E-state index contributed by atoms with van der Waals surface area (Å²) in [7, 11) is -3.87. The number of halogens is 2. The monoisotopic (exact) mass is 478 g/mol. The zero-order valence-corrected chi connectivity index (χ0v) is 17.9. The lowest BCUT2D eigenvalue weighted by Crippen LogP contribution is -2.17. The Hall–Kier alpha value is -2.35. The number of hydrogen-bond acceptors (Lipinski definition) is 3. The summed E-state index contributed by atoms with van der Waals surface area (Å²) in [6, 6.07) is 18.0. The molecule has 3 rings (SSSR count). The lowest BCUT2D eigenvalue weighted by molar-refractivity contribution is 0.102. The molecular formula is C20H16BrClN2O3S. The van der Waals surface area contributed by atoms with Gasteiger partial charge < -0.3 is 5.32 Å². The quantitative estimate of drug-likeness (QED) is 0.510. The third-order valence-electron chi connectivity index (χ3n) is 3.94. The summed E-state index contributed by atoms with van der Waals surface area (Å²) in [4.78, 5) is 12.6. The van der Waals surface area contributed by atoms with Crippen molar-refractivity contribution in [3.63, 3.8) is 0 Å². The molecule has 0 fully saturated rings. The maximum atomic E-state index is 12.8. The van der Waals surface area contributed by atoms with Crippen molar-refractivity contribution in [3.8, 4) is 0 Å². The zero-order valence-electron chi connectivity index (χ0n) is 14.7. The summed E-state index contributed by atoms with van der Waals surface area (Å²) in [5, 5.41) is 3.26. The summed E-state index contributed by atoms with van der Waals surface area (Å²) < 4.78 is 29.0. The molecule has 144 valence electrons. The molecule has 0 saturated heterocycles. The first-order chi connectivity index (χ1) is 13.2. The van der Waals surface area contributed by atoms with Crippen molar-refractivity contribution in [2.24, 2.45) is 0 Å². The highest BCUT2D eigenvalue weighted by Gasteiger charge is 2.19. The van der Waals surface area contributed by atoms with Gasteiger partial charge in [-0.05, 0) is 73.2 Å². The minimum atomic E-state index is -3.87. The average molecular weight is 480 g/mol. The van der Waals surface area contributed by atoms with Crippen molar-refractivity contribution < 1.29 is 13.2 Å². The average Bonchev–Trinajstić information content (AvgIpc) is 2.65. The van der Waals surface area contributed by atoms with E-state index >= 15 is 0 Å².